The number of fused-ring (bicyclic) bond motifs is 1. The van der Waals surface area contributed by atoms with Gasteiger partial charge in [-0.15, -0.1) is 0 Å². The van der Waals surface area contributed by atoms with Crippen molar-refractivity contribution in [3.05, 3.63) is 51.9 Å². The van der Waals surface area contributed by atoms with Crippen molar-refractivity contribution in [2.45, 2.75) is 50.3 Å². The molecule has 7 nitrogen and oxygen atoms in total. The van der Waals surface area contributed by atoms with Crippen molar-refractivity contribution in [2.75, 3.05) is 37.6 Å². The summed E-state index contributed by atoms with van der Waals surface area (Å²) in [6, 6.07) is 8.10. The number of hydrogen-bond donors (Lipinski definition) is 2. The molecule has 0 bridgehead atoms. The summed E-state index contributed by atoms with van der Waals surface area (Å²) in [6.45, 7) is 6.46. The normalized spacial score (nSPS) is 25.0. The van der Waals surface area contributed by atoms with Gasteiger partial charge < -0.3 is 20.1 Å². The number of carbonyl (C=O) groups excluding carboxylic acids is 1. The van der Waals surface area contributed by atoms with Gasteiger partial charge in [0.1, 0.15) is 18.4 Å². The van der Waals surface area contributed by atoms with E-state index < -0.39 is 6.10 Å². The lowest BCUT2D eigenvalue weighted by molar-refractivity contribution is -0.111. The molecule has 2 fully saturated rings. The van der Waals surface area contributed by atoms with E-state index in [2.05, 4.69) is 47.9 Å². The number of aliphatic hydroxyl groups is 1. The van der Waals surface area contributed by atoms with Gasteiger partial charge in [-0.2, -0.15) is 0 Å². The highest BCUT2D eigenvalue weighted by molar-refractivity contribution is 9.10. The zero-order valence-corrected chi connectivity index (χ0v) is 20.6. The van der Waals surface area contributed by atoms with E-state index in [0.29, 0.717) is 6.42 Å². The van der Waals surface area contributed by atoms with Gasteiger partial charge in [-0.05, 0) is 55.3 Å². The Labute approximate surface area is 203 Å². The molecule has 8 heteroatoms. The molecule has 2 heterocycles. The van der Waals surface area contributed by atoms with Crippen LogP contribution in [0.4, 0.5) is 5.82 Å². The van der Waals surface area contributed by atoms with Gasteiger partial charge in [0, 0.05) is 36.2 Å². The Kier molecular flexibility index (Phi) is 6.79. The molecule has 1 saturated carbocycles. The van der Waals surface area contributed by atoms with E-state index in [4.69, 9.17) is 0 Å². The monoisotopic (exact) mass is 513 g/mol. The van der Waals surface area contributed by atoms with Gasteiger partial charge >= 0.3 is 0 Å². The van der Waals surface area contributed by atoms with Gasteiger partial charge in [0.05, 0.1) is 23.9 Å². The maximum Gasteiger partial charge on any atom is 0.135 e. The summed E-state index contributed by atoms with van der Waals surface area (Å²) in [6.07, 6.45) is 5.43. The smallest absolute Gasteiger partial charge is 0.135 e. The highest BCUT2D eigenvalue weighted by Gasteiger charge is 2.36. The minimum absolute atomic E-state index is 0.0247. The third-order valence-corrected chi connectivity index (χ3v) is 7.87. The molecule has 2 aliphatic carbocycles. The van der Waals surface area contributed by atoms with Crippen LogP contribution in [-0.4, -0.2) is 65.2 Å². The van der Waals surface area contributed by atoms with Crippen LogP contribution in [0, 0.1) is 5.92 Å². The molecule has 1 saturated heterocycles. The molecule has 3 aliphatic rings. The number of aldehydes is 1. The maximum atomic E-state index is 12.3. The van der Waals surface area contributed by atoms with Gasteiger partial charge in [0.25, 0.3) is 0 Å². The number of anilines is 1. The van der Waals surface area contributed by atoms with Crippen LogP contribution in [0.2, 0.25) is 0 Å². The Bertz CT molecular complexity index is 975. The first-order chi connectivity index (χ1) is 16.0. The minimum Gasteiger partial charge on any atom is -0.387 e. The Balaban J connectivity index is 1.33. The minimum atomic E-state index is -0.492. The molecule has 33 heavy (non-hydrogen) atoms. The zero-order chi connectivity index (χ0) is 22.9. The van der Waals surface area contributed by atoms with Crippen molar-refractivity contribution in [2.24, 2.45) is 5.92 Å². The van der Waals surface area contributed by atoms with Crippen molar-refractivity contribution in [1.82, 2.24) is 20.2 Å². The number of aliphatic hydroxyl groups excluding tert-OH is 1. The fraction of sp³-hybridized carbons (Fsp3) is 0.560. The first kappa shape index (κ1) is 22.9. The molecular weight excluding hydrogens is 482 g/mol. The van der Waals surface area contributed by atoms with Crippen LogP contribution in [0.25, 0.3) is 0 Å². The molecule has 2 aromatic rings. The van der Waals surface area contributed by atoms with E-state index in [1.165, 1.54) is 12.8 Å². The SMILES string of the molecule is C[C@@H]1C[C@H](O)c2ncnc(N3CCN(C(NCC4CC4)C(C=O)c4ccc(Br)cc4)CC3)c21. The number of carbonyl (C=O) groups is 1. The zero-order valence-electron chi connectivity index (χ0n) is 19.0. The van der Waals surface area contributed by atoms with Gasteiger partial charge in [-0.1, -0.05) is 35.0 Å². The largest absolute Gasteiger partial charge is 0.387 e. The van der Waals surface area contributed by atoms with Crippen LogP contribution in [0.15, 0.2) is 35.1 Å². The summed E-state index contributed by atoms with van der Waals surface area (Å²) in [5, 5.41) is 14.1. The summed E-state index contributed by atoms with van der Waals surface area (Å²) in [4.78, 5) is 26.0. The Morgan fingerprint density at radius 2 is 1.91 bits per heavy atom. The summed E-state index contributed by atoms with van der Waals surface area (Å²) >= 11 is 3.50. The molecule has 0 amide bonds. The molecule has 0 spiro atoms. The molecule has 1 aromatic heterocycles. The standard InChI is InChI=1S/C25H32BrN5O2/c1-16-12-21(33)23-22(16)25(29-15-28-23)31-10-8-30(9-11-31)24(27-13-17-2-3-17)20(14-32)18-4-6-19(26)7-5-18/h4-7,14-17,20-21,24,27,33H,2-3,8-13H2,1H3/t16-,20?,21+,24?/m1/s1. The second kappa shape index (κ2) is 9.78. The lowest BCUT2D eigenvalue weighted by Crippen LogP contribution is -2.57. The quantitative estimate of drug-likeness (QED) is 0.524. The number of aromatic nitrogens is 2. The van der Waals surface area contributed by atoms with Crippen LogP contribution in [0.3, 0.4) is 0 Å². The molecule has 0 radical (unpaired) electrons. The van der Waals surface area contributed by atoms with E-state index in [1.54, 1.807) is 6.33 Å². The van der Waals surface area contributed by atoms with Crippen molar-refractivity contribution < 1.29 is 9.90 Å². The third-order valence-electron chi connectivity index (χ3n) is 7.34. The van der Waals surface area contributed by atoms with Gasteiger partial charge in [-0.25, -0.2) is 9.97 Å². The molecule has 176 valence electrons. The summed E-state index contributed by atoms with van der Waals surface area (Å²) < 4.78 is 1.02. The molecular formula is C25H32BrN5O2. The molecule has 1 aromatic carbocycles. The van der Waals surface area contributed by atoms with E-state index in [0.717, 1.165) is 72.0 Å². The van der Waals surface area contributed by atoms with Crippen LogP contribution in [0.5, 0.6) is 0 Å². The van der Waals surface area contributed by atoms with Crippen LogP contribution < -0.4 is 10.2 Å². The van der Waals surface area contributed by atoms with Crippen LogP contribution in [-0.2, 0) is 4.79 Å². The lowest BCUT2D eigenvalue weighted by Gasteiger charge is -2.42. The fourth-order valence-corrected chi connectivity index (χ4v) is 5.54. The average Bonchev–Trinajstić information content (AvgIpc) is 3.62. The molecule has 5 rings (SSSR count). The van der Waals surface area contributed by atoms with E-state index >= 15 is 0 Å². The average molecular weight is 514 g/mol. The first-order valence-electron chi connectivity index (χ1n) is 12.0. The number of hydrogen-bond acceptors (Lipinski definition) is 7. The maximum absolute atomic E-state index is 12.3. The number of piperazine rings is 1. The number of benzene rings is 1. The number of nitrogens with zero attached hydrogens (tertiary/aromatic N) is 4. The Hall–Kier alpha value is -1.87. The number of halogens is 1. The fourth-order valence-electron chi connectivity index (χ4n) is 5.28. The third kappa shape index (κ3) is 4.85. The van der Waals surface area contributed by atoms with E-state index in [-0.39, 0.29) is 18.0 Å². The van der Waals surface area contributed by atoms with Crippen LogP contribution in [0.1, 0.15) is 60.9 Å². The Morgan fingerprint density at radius 3 is 2.58 bits per heavy atom. The van der Waals surface area contributed by atoms with Crippen LogP contribution >= 0.6 is 15.9 Å². The predicted molar refractivity (Wildman–Crippen MR) is 131 cm³/mol. The van der Waals surface area contributed by atoms with Gasteiger partial charge in [0.15, 0.2) is 0 Å². The van der Waals surface area contributed by atoms with Crippen molar-refractivity contribution in [3.8, 4) is 0 Å². The lowest BCUT2D eigenvalue weighted by atomic mass is 9.95. The van der Waals surface area contributed by atoms with Crippen molar-refractivity contribution in [3.63, 3.8) is 0 Å². The predicted octanol–water partition coefficient (Wildman–Crippen LogP) is 3.21. The number of rotatable bonds is 8. The molecule has 4 atom stereocenters. The summed E-state index contributed by atoms with van der Waals surface area (Å²) in [5.41, 5.74) is 2.93. The second-order valence-corrected chi connectivity index (χ2v) is 10.6. The topological polar surface area (TPSA) is 81.6 Å². The Morgan fingerprint density at radius 1 is 1.18 bits per heavy atom. The highest BCUT2D eigenvalue weighted by Crippen LogP contribution is 2.43. The first-order valence-corrected chi connectivity index (χ1v) is 12.8. The molecule has 2 unspecified atom stereocenters. The molecule has 2 N–H and O–H groups in total. The molecule has 1 aliphatic heterocycles. The number of nitrogens with one attached hydrogen (secondary N) is 1. The second-order valence-electron chi connectivity index (χ2n) is 9.68. The summed E-state index contributed by atoms with van der Waals surface area (Å²) in [7, 11) is 0. The highest BCUT2D eigenvalue weighted by atomic mass is 79.9. The van der Waals surface area contributed by atoms with E-state index in [9.17, 15) is 9.90 Å². The van der Waals surface area contributed by atoms with E-state index in [1.807, 2.05) is 24.3 Å². The van der Waals surface area contributed by atoms with Crippen molar-refractivity contribution in [1.29, 1.82) is 0 Å². The van der Waals surface area contributed by atoms with Gasteiger partial charge in [0.2, 0.25) is 0 Å². The summed E-state index contributed by atoms with van der Waals surface area (Å²) in [5.74, 6) is 1.74. The van der Waals surface area contributed by atoms with Crippen molar-refractivity contribution >= 4 is 28.0 Å². The van der Waals surface area contributed by atoms with Gasteiger partial charge in [-0.3, -0.25) is 4.90 Å².